The van der Waals surface area contributed by atoms with Gasteiger partial charge in [0.2, 0.25) is 0 Å². The van der Waals surface area contributed by atoms with Crippen LogP contribution in [0.5, 0.6) is 0 Å². The van der Waals surface area contributed by atoms with Crippen molar-refractivity contribution < 1.29 is 19.5 Å². The first-order valence-corrected chi connectivity index (χ1v) is 11.4. The van der Waals surface area contributed by atoms with E-state index in [4.69, 9.17) is 20.1 Å². The highest BCUT2D eigenvalue weighted by Crippen LogP contribution is 2.21. The predicted molar refractivity (Wildman–Crippen MR) is 121 cm³/mol. The fourth-order valence-electron chi connectivity index (χ4n) is 4.72. The zero-order chi connectivity index (χ0) is 22.7. The molecule has 0 spiro atoms. The number of amidine groups is 1. The lowest BCUT2D eigenvalue weighted by atomic mass is 10.0. The molecule has 0 bridgehead atoms. The fraction of sp³-hybridized carbons (Fsp3) is 0.609. The van der Waals surface area contributed by atoms with E-state index in [1.165, 1.54) is 0 Å². The number of rotatable bonds is 6. The molecule has 4 rings (SSSR count). The van der Waals surface area contributed by atoms with Crippen LogP contribution < -0.4 is 0 Å². The number of nitrogens with zero attached hydrogens (tertiary/aromatic N) is 4. The first-order chi connectivity index (χ1) is 15.4. The van der Waals surface area contributed by atoms with Crippen LogP contribution in [0, 0.1) is 5.41 Å². The second-order valence-corrected chi connectivity index (χ2v) is 9.01. The normalized spacial score (nSPS) is 27.1. The molecule has 2 fully saturated rings. The number of ether oxygens (including phenoxy) is 1. The predicted octanol–water partition coefficient (Wildman–Crippen LogP) is 1.32. The van der Waals surface area contributed by atoms with Gasteiger partial charge < -0.3 is 19.6 Å². The molecular formula is C23H33N5O4. The average molecular weight is 444 g/mol. The summed E-state index contributed by atoms with van der Waals surface area (Å²) in [6.45, 7) is 9.60. The third-order valence-corrected chi connectivity index (χ3v) is 6.44. The van der Waals surface area contributed by atoms with Gasteiger partial charge in [-0.25, -0.2) is 0 Å². The van der Waals surface area contributed by atoms with E-state index in [1.54, 1.807) is 0 Å². The molecule has 1 aromatic rings. The molecule has 9 heteroatoms. The van der Waals surface area contributed by atoms with Gasteiger partial charge >= 0.3 is 5.97 Å². The highest BCUT2D eigenvalue weighted by atomic mass is 16.6. The topological polar surface area (TPSA) is 102 Å². The number of aliphatic carboxylic acids is 1. The Kier molecular flexibility index (Phi) is 7.07. The highest BCUT2D eigenvalue weighted by molar-refractivity contribution is 6.03. The first-order valence-electron chi connectivity index (χ1n) is 11.4. The summed E-state index contributed by atoms with van der Waals surface area (Å²) in [6, 6.07) is 8.40. The van der Waals surface area contributed by atoms with E-state index in [2.05, 4.69) is 28.8 Å². The average Bonchev–Trinajstić information content (AvgIpc) is 3.23. The molecule has 3 atom stereocenters. The van der Waals surface area contributed by atoms with Crippen LogP contribution in [0.1, 0.15) is 31.4 Å². The Morgan fingerprint density at radius 3 is 2.34 bits per heavy atom. The summed E-state index contributed by atoms with van der Waals surface area (Å²) < 4.78 is 5.58. The summed E-state index contributed by atoms with van der Waals surface area (Å²) in [6.07, 6.45) is 0.771. The van der Waals surface area contributed by atoms with Gasteiger partial charge in [-0.1, -0.05) is 29.4 Å². The summed E-state index contributed by atoms with van der Waals surface area (Å²) in [5, 5.41) is 21.9. The quantitative estimate of drug-likeness (QED) is 0.505. The fourth-order valence-corrected chi connectivity index (χ4v) is 4.72. The van der Waals surface area contributed by atoms with Crippen LogP contribution in [0.15, 0.2) is 29.4 Å². The maximum atomic E-state index is 10.9. The molecule has 0 aromatic heterocycles. The molecular weight excluding hydrogens is 410 g/mol. The number of nitrogens with one attached hydrogen (secondary N) is 1. The number of piperazine rings is 1. The van der Waals surface area contributed by atoms with Crippen LogP contribution in [0.4, 0.5) is 0 Å². The van der Waals surface area contributed by atoms with E-state index < -0.39 is 5.97 Å². The Morgan fingerprint density at radius 1 is 1.09 bits per heavy atom. The van der Waals surface area contributed by atoms with Crippen molar-refractivity contribution in [1.82, 2.24) is 14.7 Å². The molecule has 174 valence electrons. The third-order valence-electron chi connectivity index (χ3n) is 6.44. The van der Waals surface area contributed by atoms with Gasteiger partial charge in [0.1, 0.15) is 11.9 Å². The smallest absolute Gasteiger partial charge is 0.317 e. The maximum Gasteiger partial charge on any atom is 0.317 e. The van der Waals surface area contributed by atoms with Gasteiger partial charge in [0.25, 0.3) is 0 Å². The second kappa shape index (κ2) is 9.97. The van der Waals surface area contributed by atoms with E-state index >= 15 is 0 Å². The van der Waals surface area contributed by atoms with E-state index in [9.17, 15) is 4.79 Å². The number of hydrogen-bond donors (Lipinski definition) is 2. The minimum Gasteiger partial charge on any atom is -0.480 e. The molecule has 2 saturated heterocycles. The third kappa shape index (κ3) is 5.28. The van der Waals surface area contributed by atoms with E-state index in [1.807, 2.05) is 29.2 Å². The van der Waals surface area contributed by atoms with Crippen molar-refractivity contribution in [3.63, 3.8) is 0 Å². The number of carboxylic acids is 1. The first kappa shape index (κ1) is 22.7. The van der Waals surface area contributed by atoms with Gasteiger partial charge in [0, 0.05) is 44.7 Å². The van der Waals surface area contributed by atoms with Gasteiger partial charge in [-0.15, -0.1) is 0 Å². The molecule has 3 heterocycles. The molecule has 2 N–H and O–H groups in total. The molecule has 0 aliphatic carbocycles. The number of morpholine rings is 1. The largest absolute Gasteiger partial charge is 0.480 e. The molecule has 9 nitrogen and oxygen atoms in total. The Labute approximate surface area is 189 Å². The van der Waals surface area contributed by atoms with Crippen LogP contribution in [0.2, 0.25) is 0 Å². The molecule has 0 saturated carbocycles. The second-order valence-electron chi connectivity index (χ2n) is 9.01. The van der Waals surface area contributed by atoms with E-state index in [-0.39, 0.29) is 24.7 Å². The van der Waals surface area contributed by atoms with Gasteiger partial charge in [-0.2, -0.15) is 0 Å². The summed E-state index contributed by atoms with van der Waals surface area (Å²) in [5.41, 5.74) is 2.86. The molecule has 3 aliphatic rings. The lowest BCUT2D eigenvalue weighted by molar-refractivity contribution is -0.138. The van der Waals surface area contributed by atoms with Gasteiger partial charge in [0.05, 0.1) is 37.6 Å². The Morgan fingerprint density at radius 2 is 1.72 bits per heavy atom. The minimum absolute atomic E-state index is 0.0176. The number of oxime groups is 1. The summed E-state index contributed by atoms with van der Waals surface area (Å²) in [5.74, 6) is -0.241. The van der Waals surface area contributed by atoms with E-state index in [0.29, 0.717) is 19.0 Å². The van der Waals surface area contributed by atoms with Gasteiger partial charge in [0.15, 0.2) is 0 Å². The summed E-state index contributed by atoms with van der Waals surface area (Å²) in [4.78, 5) is 23.0. The molecule has 1 aromatic carbocycles. The van der Waals surface area contributed by atoms with Crippen molar-refractivity contribution >= 4 is 17.5 Å². The van der Waals surface area contributed by atoms with E-state index in [0.717, 1.165) is 56.0 Å². The number of carboxylic acid groups (broad SMARTS) is 1. The summed E-state index contributed by atoms with van der Waals surface area (Å²) in [7, 11) is 0. The van der Waals surface area contributed by atoms with Crippen molar-refractivity contribution in [2.75, 3.05) is 52.5 Å². The minimum atomic E-state index is -0.772. The molecule has 32 heavy (non-hydrogen) atoms. The van der Waals surface area contributed by atoms with Gasteiger partial charge in [-0.3, -0.25) is 20.0 Å². The Hall–Kier alpha value is -2.49. The van der Waals surface area contributed by atoms with Crippen LogP contribution in [-0.2, 0) is 14.4 Å². The monoisotopic (exact) mass is 443 g/mol. The number of carbonyl (C=O) groups is 1. The lowest BCUT2D eigenvalue weighted by Crippen LogP contribution is -2.52. The van der Waals surface area contributed by atoms with Crippen molar-refractivity contribution in [2.45, 2.75) is 38.5 Å². The van der Waals surface area contributed by atoms with Crippen molar-refractivity contribution in [3.8, 4) is 0 Å². The van der Waals surface area contributed by atoms with Crippen LogP contribution in [0.25, 0.3) is 0 Å². The zero-order valence-corrected chi connectivity index (χ0v) is 18.9. The number of hydrogen-bond acceptors (Lipinski definition) is 7. The standard InChI is InChI=1S/C23H33N5O4/c1-16-14-31-15-17(2)28(16)23(24)19-5-3-18(4-6-19)21-11-20(32-25-21)12-26-7-9-27(10-8-26)13-22(29)30/h3-6,16-17,20,24H,7-15H2,1-2H3,(H,29,30). The Bertz CT molecular complexity index is 840. The zero-order valence-electron chi connectivity index (χ0n) is 18.9. The van der Waals surface area contributed by atoms with Crippen molar-refractivity contribution in [3.05, 3.63) is 35.4 Å². The highest BCUT2D eigenvalue weighted by Gasteiger charge is 2.29. The summed E-state index contributed by atoms with van der Waals surface area (Å²) >= 11 is 0. The van der Waals surface area contributed by atoms with Crippen molar-refractivity contribution in [1.29, 1.82) is 5.41 Å². The molecule has 3 unspecified atom stereocenters. The number of benzene rings is 1. The Balaban J connectivity index is 1.28. The maximum absolute atomic E-state index is 10.9. The van der Waals surface area contributed by atoms with Crippen LogP contribution in [-0.4, -0.2) is 108 Å². The van der Waals surface area contributed by atoms with Crippen LogP contribution in [0.3, 0.4) is 0 Å². The lowest BCUT2D eigenvalue weighted by Gasteiger charge is -2.40. The SMILES string of the molecule is CC1COCC(C)N1C(=N)c1ccc(C2=NOC(CN3CCN(CC(=O)O)CC3)C2)cc1. The molecule has 0 amide bonds. The van der Waals surface area contributed by atoms with Gasteiger partial charge in [-0.05, 0) is 19.4 Å². The molecule has 0 radical (unpaired) electrons. The molecule has 3 aliphatic heterocycles. The van der Waals surface area contributed by atoms with Crippen molar-refractivity contribution in [2.24, 2.45) is 5.16 Å². The van der Waals surface area contributed by atoms with Crippen LogP contribution >= 0.6 is 0 Å².